The molecule has 4 rings (SSSR count). The highest BCUT2D eigenvalue weighted by atomic mass is 35.5. The molecule has 1 aliphatic heterocycles. The van der Waals surface area contributed by atoms with Crippen molar-refractivity contribution in [1.82, 2.24) is 0 Å². The van der Waals surface area contributed by atoms with Crippen molar-refractivity contribution in [3.05, 3.63) is 52.5 Å². The van der Waals surface area contributed by atoms with E-state index in [4.69, 9.17) is 16.3 Å². The molecule has 2 aromatic carbocycles. The molecule has 0 amide bonds. The number of carboxylic acid groups (broad SMARTS) is 1. The first kappa shape index (κ1) is 16.6. The molecule has 3 nitrogen and oxygen atoms in total. The average Bonchev–Trinajstić information content (AvgIpc) is 3.16. The van der Waals surface area contributed by atoms with Gasteiger partial charge in [0, 0.05) is 10.1 Å². The second-order valence-corrected chi connectivity index (χ2v) is 7.64. The number of benzene rings is 2. The van der Waals surface area contributed by atoms with Crippen LogP contribution in [0, 0.1) is 0 Å². The van der Waals surface area contributed by atoms with E-state index in [1.807, 2.05) is 0 Å². The Hall–Kier alpha value is -1.86. The molecule has 2 aliphatic rings. The van der Waals surface area contributed by atoms with Gasteiger partial charge in [-0.15, -0.1) is 11.8 Å². The Balaban J connectivity index is 1.60. The van der Waals surface area contributed by atoms with Crippen molar-refractivity contribution < 1.29 is 27.8 Å². The van der Waals surface area contributed by atoms with Gasteiger partial charge in [0.05, 0.1) is 10.6 Å². The molecule has 2 unspecified atom stereocenters. The minimum Gasteiger partial charge on any atom is -0.481 e. The summed E-state index contributed by atoms with van der Waals surface area (Å²) < 4.78 is 43.6. The van der Waals surface area contributed by atoms with Gasteiger partial charge in [0.1, 0.15) is 16.9 Å². The second-order valence-electron chi connectivity index (χ2n) is 5.99. The monoisotopic (exact) mass is 386 g/mol. The van der Waals surface area contributed by atoms with Gasteiger partial charge in [-0.3, -0.25) is 4.79 Å². The molecule has 1 fully saturated rings. The molecule has 130 valence electrons. The largest absolute Gasteiger partial charge is 0.481 e. The molecule has 0 spiro atoms. The van der Waals surface area contributed by atoms with Gasteiger partial charge in [0.2, 0.25) is 0 Å². The van der Waals surface area contributed by atoms with Crippen LogP contribution in [0.15, 0.2) is 41.3 Å². The predicted octanol–water partition coefficient (Wildman–Crippen LogP) is 5.35. The highest BCUT2D eigenvalue weighted by molar-refractivity contribution is 8.00. The zero-order chi connectivity index (χ0) is 18.0. The van der Waals surface area contributed by atoms with Crippen molar-refractivity contribution in [2.45, 2.75) is 28.2 Å². The van der Waals surface area contributed by atoms with Crippen LogP contribution >= 0.6 is 23.4 Å². The number of halogens is 4. The number of carboxylic acids is 1. The Morgan fingerprint density at radius 3 is 2.68 bits per heavy atom. The predicted molar refractivity (Wildman–Crippen MR) is 86.5 cm³/mol. The van der Waals surface area contributed by atoms with Gasteiger partial charge in [-0.25, -0.2) is 0 Å². The second kappa shape index (κ2) is 5.32. The first-order chi connectivity index (χ1) is 11.7. The molecule has 8 heteroatoms. The van der Waals surface area contributed by atoms with Crippen molar-refractivity contribution >= 4 is 29.3 Å². The Kier molecular flexibility index (Phi) is 3.53. The van der Waals surface area contributed by atoms with Crippen LogP contribution in [0.5, 0.6) is 11.5 Å². The Labute approximate surface area is 149 Å². The lowest BCUT2D eigenvalue weighted by atomic mass is 9.96. The van der Waals surface area contributed by atoms with Crippen LogP contribution in [0.25, 0.3) is 0 Å². The Morgan fingerprint density at radius 1 is 1.28 bits per heavy atom. The number of thioether (sulfide) groups is 1. The van der Waals surface area contributed by atoms with Gasteiger partial charge in [0.25, 0.3) is 0 Å². The molecule has 0 saturated heterocycles. The minimum atomic E-state index is -4.47. The molecule has 0 bridgehead atoms. The summed E-state index contributed by atoms with van der Waals surface area (Å²) in [4.78, 5) is 12.3. The molecule has 1 heterocycles. The first-order valence-corrected chi connectivity index (χ1v) is 8.57. The molecular formula is C17H10ClF3O3S. The lowest BCUT2D eigenvalue weighted by molar-refractivity contribution is -0.140. The minimum absolute atomic E-state index is 0.0323. The fourth-order valence-electron chi connectivity index (χ4n) is 3.07. The summed E-state index contributed by atoms with van der Waals surface area (Å²) in [7, 11) is 0. The maximum absolute atomic E-state index is 12.7. The fourth-order valence-corrected chi connectivity index (χ4v) is 4.93. The number of fused-ring (bicyclic) bond motifs is 3. The molecule has 0 aromatic heterocycles. The van der Waals surface area contributed by atoms with E-state index in [-0.39, 0.29) is 16.0 Å². The van der Waals surface area contributed by atoms with Crippen LogP contribution < -0.4 is 4.74 Å². The van der Waals surface area contributed by atoms with Gasteiger partial charge in [-0.1, -0.05) is 17.7 Å². The van der Waals surface area contributed by atoms with Gasteiger partial charge in [0.15, 0.2) is 0 Å². The SMILES string of the molecule is O=C(O)C12CC1Sc1cc(Oc3ccc(C(F)(F)F)cc3Cl)ccc12. The zero-order valence-electron chi connectivity index (χ0n) is 12.4. The average molecular weight is 387 g/mol. The summed E-state index contributed by atoms with van der Waals surface area (Å²) in [6.07, 6.45) is -3.86. The summed E-state index contributed by atoms with van der Waals surface area (Å²) in [5, 5.41) is 9.33. The quantitative estimate of drug-likeness (QED) is 0.772. The van der Waals surface area contributed by atoms with Crippen molar-refractivity contribution in [3.63, 3.8) is 0 Å². The number of ether oxygens (including phenoxy) is 1. The third kappa shape index (κ3) is 2.57. The van der Waals surface area contributed by atoms with Gasteiger partial charge < -0.3 is 9.84 Å². The molecule has 1 N–H and O–H groups in total. The van der Waals surface area contributed by atoms with Crippen LogP contribution in [0.4, 0.5) is 13.2 Å². The Bertz CT molecular complexity index is 899. The van der Waals surface area contributed by atoms with Crippen molar-refractivity contribution in [2.75, 3.05) is 0 Å². The molecular weight excluding hydrogens is 377 g/mol. The van der Waals surface area contributed by atoms with E-state index in [1.54, 1.807) is 18.2 Å². The summed E-state index contributed by atoms with van der Waals surface area (Å²) in [5.41, 5.74) is -0.886. The smallest absolute Gasteiger partial charge is 0.416 e. The van der Waals surface area contributed by atoms with E-state index in [1.165, 1.54) is 17.8 Å². The number of hydrogen-bond acceptors (Lipinski definition) is 3. The van der Waals surface area contributed by atoms with Crippen LogP contribution in [0.2, 0.25) is 5.02 Å². The highest BCUT2D eigenvalue weighted by Crippen LogP contribution is 2.65. The number of hydrogen-bond donors (Lipinski definition) is 1. The van der Waals surface area contributed by atoms with Gasteiger partial charge in [-0.05, 0) is 42.3 Å². The molecule has 25 heavy (non-hydrogen) atoms. The third-order valence-electron chi connectivity index (χ3n) is 4.47. The van der Waals surface area contributed by atoms with Crippen LogP contribution in [-0.4, -0.2) is 16.3 Å². The van der Waals surface area contributed by atoms with E-state index in [0.717, 1.165) is 22.6 Å². The van der Waals surface area contributed by atoms with Crippen molar-refractivity contribution in [3.8, 4) is 11.5 Å². The molecule has 2 aromatic rings. The summed E-state index contributed by atoms with van der Waals surface area (Å²) in [6, 6.07) is 7.90. The van der Waals surface area contributed by atoms with Crippen LogP contribution in [0.1, 0.15) is 17.5 Å². The highest BCUT2D eigenvalue weighted by Gasteiger charge is 2.66. The van der Waals surface area contributed by atoms with E-state index in [0.29, 0.717) is 12.2 Å². The fraction of sp³-hybridized carbons (Fsp3) is 0.235. The van der Waals surface area contributed by atoms with Gasteiger partial charge in [-0.2, -0.15) is 13.2 Å². The standard InChI is InChI=1S/C17H10ClF3O3S/c18-11-5-8(17(19,20)21)1-4-12(11)24-9-2-3-10-13(6-9)25-14-7-16(10,14)15(22)23/h1-6,14H,7H2,(H,22,23). The molecule has 2 atom stereocenters. The van der Waals surface area contributed by atoms with Crippen molar-refractivity contribution in [2.24, 2.45) is 0 Å². The summed E-state index contributed by atoms with van der Waals surface area (Å²) >= 11 is 7.37. The number of rotatable bonds is 3. The maximum Gasteiger partial charge on any atom is 0.416 e. The van der Waals surface area contributed by atoms with Gasteiger partial charge >= 0.3 is 12.1 Å². The lowest BCUT2D eigenvalue weighted by Gasteiger charge is -2.13. The number of carbonyl (C=O) groups is 1. The van der Waals surface area contributed by atoms with E-state index >= 15 is 0 Å². The van der Waals surface area contributed by atoms with Crippen molar-refractivity contribution in [1.29, 1.82) is 0 Å². The zero-order valence-corrected chi connectivity index (χ0v) is 14.0. The maximum atomic E-state index is 12.7. The third-order valence-corrected chi connectivity index (χ3v) is 6.21. The molecule has 1 aliphatic carbocycles. The van der Waals surface area contributed by atoms with E-state index < -0.39 is 23.1 Å². The normalized spacial score (nSPS) is 23.8. The molecule has 0 radical (unpaired) electrons. The molecule has 1 saturated carbocycles. The van der Waals surface area contributed by atoms with E-state index in [2.05, 4.69) is 0 Å². The topological polar surface area (TPSA) is 46.5 Å². The number of aliphatic carboxylic acids is 1. The number of alkyl halides is 3. The van der Waals surface area contributed by atoms with Crippen LogP contribution in [0.3, 0.4) is 0 Å². The Morgan fingerprint density at radius 2 is 2.04 bits per heavy atom. The van der Waals surface area contributed by atoms with E-state index in [9.17, 15) is 23.1 Å². The first-order valence-electron chi connectivity index (χ1n) is 7.31. The summed E-state index contributed by atoms with van der Waals surface area (Å²) in [5.74, 6) is -0.325. The lowest BCUT2D eigenvalue weighted by Crippen LogP contribution is -2.20. The summed E-state index contributed by atoms with van der Waals surface area (Å²) in [6.45, 7) is 0. The van der Waals surface area contributed by atoms with Crippen LogP contribution in [-0.2, 0) is 16.4 Å².